The van der Waals surface area contributed by atoms with Crippen LogP contribution in [0.25, 0.3) is 16.6 Å². The average molecular weight is 404 g/mol. The summed E-state index contributed by atoms with van der Waals surface area (Å²) < 4.78 is 1.79. The van der Waals surface area contributed by atoms with Crippen LogP contribution in [0.3, 0.4) is 0 Å². The fourth-order valence-electron chi connectivity index (χ4n) is 3.47. The van der Waals surface area contributed by atoms with Gasteiger partial charge in [-0.15, -0.1) is 0 Å². The molecule has 3 N–H and O–H groups in total. The number of amides is 1. The zero-order valence-electron chi connectivity index (χ0n) is 17.4. The van der Waals surface area contributed by atoms with Crippen molar-refractivity contribution in [1.82, 2.24) is 9.55 Å². The lowest BCUT2D eigenvalue weighted by molar-refractivity contribution is -0.867. The Bertz CT molecular complexity index is 1140. The van der Waals surface area contributed by atoms with Gasteiger partial charge in [-0.25, -0.2) is 4.98 Å². The Labute approximate surface area is 175 Å². The smallest absolute Gasteiger partial charge is 0.279 e. The minimum absolute atomic E-state index is 0.0878. The second-order valence-corrected chi connectivity index (χ2v) is 7.29. The van der Waals surface area contributed by atoms with E-state index in [1.807, 2.05) is 62.5 Å². The van der Waals surface area contributed by atoms with Crippen molar-refractivity contribution in [1.29, 1.82) is 5.26 Å². The molecule has 3 rings (SSSR count). The molecule has 1 aromatic heterocycles. The molecule has 0 saturated heterocycles. The van der Waals surface area contributed by atoms with Crippen LogP contribution >= 0.6 is 0 Å². The summed E-state index contributed by atoms with van der Waals surface area (Å²) in [6.07, 6.45) is 0.826. The van der Waals surface area contributed by atoms with Gasteiger partial charge in [0.15, 0.2) is 18.1 Å². The summed E-state index contributed by atoms with van der Waals surface area (Å²) in [5, 5.41) is 23.2. The molecular formula is C23H26N5O2+. The van der Waals surface area contributed by atoms with E-state index in [9.17, 15) is 15.2 Å². The van der Waals surface area contributed by atoms with Gasteiger partial charge in [-0.3, -0.25) is 4.79 Å². The van der Waals surface area contributed by atoms with Crippen LogP contribution in [0, 0.1) is 11.3 Å². The number of aliphatic hydroxyl groups is 1. The van der Waals surface area contributed by atoms with E-state index in [0.29, 0.717) is 5.82 Å². The number of fused-ring (bicyclic) bond motifs is 1. The zero-order valence-corrected chi connectivity index (χ0v) is 17.4. The van der Waals surface area contributed by atoms with Crippen LogP contribution in [0.5, 0.6) is 0 Å². The first-order chi connectivity index (χ1) is 14.4. The third-order valence-corrected chi connectivity index (χ3v) is 5.02. The molecule has 0 aliphatic rings. The van der Waals surface area contributed by atoms with Crippen molar-refractivity contribution in [2.24, 2.45) is 7.05 Å². The van der Waals surface area contributed by atoms with Gasteiger partial charge in [-0.2, -0.15) is 5.26 Å². The first-order valence-corrected chi connectivity index (χ1v) is 9.87. The molecule has 154 valence electrons. The Kier molecular flexibility index (Phi) is 6.50. The summed E-state index contributed by atoms with van der Waals surface area (Å²) in [4.78, 5) is 17.7. The van der Waals surface area contributed by atoms with E-state index in [0.717, 1.165) is 33.6 Å². The van der Waals surface area contributed by atoms with E-state index in [1.54, 1.807) is 11.6 Å². The zero-order chi connectivity index (χ0) is 21.7. The highest BCUT2D eigenvalue weighted by Gasteiger charge is 2.20. The van der Waals surface area contributed by atoms with E-state index < -0.39 is 0 Å². The summed E-state index contributed by atoms with van der Waals surface area (Å²) >= 11 is 0. The van der Waals surface area contributed by atoms with Crippen LogP contribution in [0.1, 0.15) is 18.3 Å². The van der Waals surface area contributed by atoms with Gasteiger partial charge in [0, 0.05) is 12.7 Å². The minimum atomic E-state index is -0.151. The molecule has 0 aliphatic carbocycles. The lowest BCUT2D eigenvalue weighted by atomic mass is 10.1. The highest BCUT2D eigenvalue weighted by atomic mass is 16.3. The number of aryl methyl sites for hydroxylation is 2. The number of para-hydroxylation sites is 3. The van der Waals surface area contributed by atoms with Crippen molar-refractivity contribution in [3.05, 3.63) is 65.7 Å². The highest BCUT2D eigenvalue weighted by molar-refractivity contribution is 5.92. The average Bonchev–Trinajstić information content (AvgIpc) is 3.05. The molecular weight excluding hydrogens is 378 g/mol. The summed E-state index contributed by atoms with van der Waals surface area (Å²) in [7, 11) is 3.61. The summed E-state index contributed by atoms with van der Waals surface area (Å²) in [5.74, 6) is 0.169. The normalized spacial score (nSPS) is 12.9. The Hall–Kier alpha value is -3.63. The Morgan fingerprint density at radius 1 is 1.20 bits per heavy atom. The number of nitrogens with one attached hydrogen (secondary N) is 2. The number of allylic oxidation sites excluding steroid dienone is 1. The molecule has 1 heterocycles. The summed E-state index contributed by atoms with van der Waals surface area (Å²) in [6, 6.07) is 17.3. The van der Waals surface area contributed by atoms with Gasteiger partial charge in [0.2, 0.25) is 0 Å². The van der Waals surface area contributed by atoms with Crippen LogP contribution in [0.2, 0.25) is 0 Å². The molecule has 0 bridgehead atoms. The molecule has 0 fully saturated rings. The lowest BCUT2D eigenvalue weighted by Crippen LogP contribution is -3.10. The molecule has 30 heavy (non-hydrogen) atoms. The first-order valence-electron chi connectivity index (χ1n) is 9.87. The maximum absolute atomic E-state index is 12.4. The largest absolute Gasteiger partial charge is 0.506 e. The number of anilines is 1. The monoisotopic (exact) mass is 404 g/mol. The van der Waals surface area contributed by atoms with Crippen molar-refractivity contribution in [2.75, 3.05) is 25.5 Å². The van der Waals surface area contributed by atoms with E-state index in [2.05, 4.69) is 16.4 Å². The summed E-state index contributed by atoms with van der Waals surface area (Å²) in [5.41, 5.74) is 3.62. The molecule has 3 aromatic rings. The maximum atomic E-state index is 12.4. The lowest BCUT2D eigenvalue weighted by Gasteiger charge is -2.15. The molecule has 7 nitrogen and oxygen atoms in total. The van der Waals surface area contributed by atoms with Gasteiger partial charge in [-0.1, -0.05) is 37.3 Å². The van der Waals surface area contributed by atoms with Gasteiger partial charge in [0.25, 0.3) is 5.91 Å². The Balaban J connectivity index is 1.73. The highest BCUT2D eigenvalue weighted by Crippen LogP contribution is 2.21. The number of quaternary nitrogens is 1. The number of rotatable bonds is 7. The number of hydrogen-bond acceptors (Lipinski definition) is 4. The van der Waals surface area contributed by atoms with E-state index in [-0.39, 0.29) is 30.3 Å². The predicted octanol–water partition coefficient (Wildman–Crippen LogP) is 2.08. The van der Waals surface area contributed by atoms with Crippen molar-refractivity contribution >= 4 is 28.2 Å². The molecule has 2 aromatic carbocycles. The topological polar surface area (TPSA) is 95.4 Å². The number of hydrogen-bond donors (Lipinski definition) is 3. The van der Waals surface area contributed by atoms with Crippen molar-refractivity contribution in [3.8, 4) is 6.07 Å². The molecule has 1 atom stereocenters. The quantitative estimate of drug-likeness (QED) is 0.415. The Morgan fingerprint density at radius 3 is 2.60 bits per heavy atom. The molecule has 0 saturated carbocycles. The standard InChI is InChI=1S/C23H25N5O2/c1-4-16-9-5-6-10-18(16)25-22(30)15-27(2)14-21(29)17(13-24)23-26-19-11-7-8-12-20(19)28(23)3/h5-12,29H,4,14-15H2,1-3H3,(H,25,30)/p+1/b21-17-. The van der Waals surface area contributed by atoms with Gasteiger partial charge in [-0.05, 0) is 30.2 Å². The number of imidazole rings is 1. The maximum Gasteiger partial charge on any atom is 0.279 e. The van der Waals surface area contributed by atoms with Crippen molar-refractivity contribution in [2.45, 2.75) is 13.3 Å². The van der Waals surface area contributed by atoms with E-state index in [4.69, 9.17) is 0 Å². The minimum Gasteiger partial charge on any atom is -0.506 e. The van der Waals surface area contributed by atoms with Crippen LogP contribution in [-0.2, 0) is 18.3 Å². The number of nitriles is 1. The van der Waals surface area contributed by atoms with E-state index in [1.165, 1.54) is 0 Å². The summed E-state index contributed by atoms with van der Waals surface area (Å²) in [6.45, 7) is 2.33. The predicted molar refractivity (Wildman–Crippen MR) is 117 cm³/mol. The van der Waals surface area contributed by atoms with Crippen LogP contribution in [0.4, 0.5) is 5.69 Å². The first kappa shape index (κ1) is 21.1. The van der Waals surface area contributed by atoms with Gasteiger partial charge >= 0.3 is 0 Å². The van der Waals surface area contributed by atoms with Gasteiger partial charge < -0.3 is 19.9 Å². The number of aromatic nitrogens is 2. The van der Waals surface area contributed by atoms with Crippen LogP contribution in [-0.4, -0.2) is 40.7 Å². The fourth-order valence-corrected chi connectivity index (χ4v) is 3.47. The molecule has 7 heteroatoms. The number of nitrogens with zero attached hydrogens (tertiary/aromatic N) is 3. The van der Waals surface area contributed by atoms with Crippen molar-refractivity contribution < 1.29 is 14.8 Å². The number of aliphatic hydroxyl groups excluding tert-OH is 1. The van der Waals surface area contributed by atoms with Crippen LogP contribution in [0.15, 0.2) is 54.3 Å². The Morgan fingerprint density at radius 2 is 1.90 bits per heavy atom. The second-order valence-electron chi connectivity index (χ2n) is 7.29. The second kappa shape index (κ2) is 9.25. The number of likely N-dealkylation sites (N-methyl/N-ethyl adjacent to an activating group) is 1. The number of carbonyl (C=O) groups excluding carboxylic acids is 1. The van der Waals surface area contributed by atoms with Gasteiger partial charge in [0.1, 0.15) is 18.2 Å². The van der Waals surface area contributed by atoms with Gasteiger partial charge in [0.05, 0.1) is 18.1 Å². The molecule has 0 aliphatic heterocycles. The third kappa shape index (κ3) is 4.50. The SMILES string of the molecule is CCc1ccccc1NC(=O)C[NH+](C)C/C(O)=C(\C#N)c1nc2ccccc2n1C. The number of benzene rings is 2. The molecule has 1 amide bonds. The molecule has 1 unspecified atom stereocenters. The third-order valence-electron chi connectivity index (χ3n) is 5.02. The molecule has 0 spiro atoms. The van der Waals surface area contributed by atoms with Crippen LogP contribution < -0.4 is 10.2 Å². The van der Waals surface area contributed by atoms with E-state index >= 15 is 0 Å². The van der Waals surface area contributed by atoms with Crippen molar-refractivity contribution in [3.63, 3.8) is 0 Å². The molecule has 0 radical (unpaired) electrons. The fraction of sp³-hybridized carbons (Fsp3) is 0.261. The number of carbonyl (C=O) groups is 1.